The van der Waals surface area contributed by atoms with Crippen LogP contribution in [0.1, 0.15) is 27.2 Å². The van der Waals surface area contributed by atoms with Crippen molar-refractivity contribution < 1.29 is 9.59 Å². The molecule has 1 aromatic heterocycles. The van der Waals surface area contributed by atoms with Gasteiger partial charge in [0.2, 0.25) is 5.91 Å². The Labute approximate surface area is 227 Å². The molecular weight excluding hydrogens is 500 g/mol. The molecule has 9 nitrogen and oxygen atoms in total. The second-order valence-corrected chi connectivity index (χ2v) is 10.7. The molecule has 0 saturated carbocycles. The van der Waals surface area contributed by atoms with Crippen LogP contribution >= 0.6 is 11.3 Å². The Bertz CT molecular complexity index is 1430. The van der Waals surface area contributed by atoms with Gasteiger partial charge in [-0.1, -0.05) is 25.8 Å². The van der Waals surface area contributed by atoms with Crippen molar-refractivity contribution >= 4 is 46.3 Å². The number of rotatable bonds is 8. The van der Waals surface area contributed by atoms with Crippen LogP contribution in [0.3, 0.4) is 0 Å². The normalized spacial score (nSPS) is 18.7. The molecule has 1 fully saturated rings. The lowest BCUT2D eigenvalue weighted by atomic mass is 9.92. The first kappa shape index (κ1) is 28.7. The quantitative estimate of drug-likeness (QED) is 0.492. The Kier molecular flexibility index (Phi) is 9.89. The largest absolute Gasteiger partial charge is 0.360 e. The van der Waals surface area contributed by atoms with E-state index in [1.165, 1.54) is 11.0 Å². The highest BCUT2D eigenvalue weighted by molar-refractivity contribution is 7.07. The molecule has 2 aromatic rings. The van der Waals surface area contributed by atoms with Crippen LogP contribution in [0.2, 0.25) is 0 Å². The van der Waals surface area contributed by atoms with Gasteiger partial charge in [0.05, 0.1) is 13.1 Å². The Morgan fingerprint density at radius 1 is 1.29 bits per heavy atom. The molecule has 2 heterocycles. The van der Waals surface area contributed by atoms with Crippen LogP contribution in [0.15, 0.2) is 29.1 Å². The number of terminal acetylenes is 1. The molecule has 0 aliphatic carbocycles. The van der Waals surface area contributed by atoms with E-state index in [2.05, 4.69) is 35.3 Å². The van der Waals surface area contributed by atoms with Gasteiger partial charge in [-0.15, -0.1) is 17.8 Å². The molecule has 0 bridgehead atoms. The molecule has 200 valence electrons. The SMILES string of the molecule is C#CCNC(=O)C(C#N)=c1sc(=CNc2cccc(N(C)C(=O)CN3CC(C)CC(C)C3)c2)c(=O)n1CC. The summed E-state index contributed by atoms with van der Waals surface area (Å²) in [5.41, 5.74) is 0.944. The molecule has 1 aliphatic rings. The number of piperidine rings is 1. The zero-order chi connectivity index (χ0) is 27.8. The predicted octanol–water partition coefficient (Wildman–Crippen LogP) is 1.14. The van der Waals surface area contributed by atoms with Crippen LogP contribution in [-0.4, -0.2) is 54.5 Å². The maximum absolute atomic E-state index is 13.0. The fourth-order valence-corrected chi connectivity index (χ4v) is 5.81. The lowest BCUT2D eigenvalue weighted by molar-refractivity contribution is -0.120. The van der Waals surface area contributed by atoms with Crippen LogP contribution < -0.4 is 30.3 Å². The molecule has 1 saturated heterocycles. The fourth-order valence-electron chi connectivity index (χ4n) is 4.72. The highest BCUT2D eigenvalue weighted by atomic mass is 32.1. The summed E-state index contributed by atoms with van der Waals surface area (Å²) in [6, 6.07) is 9.26. The molecule has 0 spiro atoms. The lowest BCUT2D eigenvalue weighted by Crippen LogP contribution is -2.45. The van der Waals surface area contributed by atoms with Crippen molar-refractivity contribution in [3.63, 3.8) is 0 Å². The van der Waals surface area contributed by atoms with Crippen LogP contribution in [0.25, 0.3) is 11.8 Å². The van der Waals surface area contributed by atoms with E-state index < -0.39 is 5.91 Å². The first-order chi connectivity index (χ1) is 18.2. The van der Waals surface area contributed by atoms with Gasteiger partial charge in [-0.05, 0) is 43.4 Å². The summed E-state index contributed by atoms with van der Waals surface area (Å²) >= 11 is 1.05. The summed E-state index contributed by atoms with van der Waals surface area (Å²) in [5.74, 6) is 2.84. The summed E-state index contributed by atoms with van der Waals surface area (Å²) in [7, 11) is 1.76. The Hall–Kier alpha value is -3.86. The number of nitrogens with zero attached hydrogens (tertiary/aromatic N) is 4. The van der Waals surface area contributed by atoms with Crippen molar-refractivity contribution in [3.8, 4) is 18.4 Å². The van der Waals surface area contributed by atoms with E-state index in [0.717, 1.165) is 30.1 Å². The molecule has 2 unspecified atom stereocenters. The van der Waals surface area contributed by atoms with Gasteiger partial charge in [0.15, 0.2) is 5.57 Å². The predicted molar refractivity (Wildman–Crippen MR) is 152 cm³/mol. The molecule has 2 atom stereocenters. The zero-order valence-corrected chi connectivity index (χ0v) is 23.1. The number of carbonyl (C=O) groups is 2. The number of thiazole rings is 1. The summed E-state index contributed by atoms with van der Waals surface area (Å²) in [5, 5.41) is 15.2. The lowest BCUT2D eigenvalue weighted by Gasteiger charge is -2.35. The van der Waals surface area contributed by atoms with E-state index in [1.807, 2.05) is 30.3 Å². The molecule has 10 heteroatoms. The standard InChI is InChI=1S/C28H34N6O3S/c1-6-11-30-26(36)23(14-29)28-34(7-2)27(37)24(38-28)15-31-21-9-8-10-22(13-21)32(5)25(35)18-33-16-19(3)12-20(4)17-33/h1,8-10,13,15,19-20,31H,7,11-12,16-18H2,2-5H3,(H,30,36). The topological polar surface area (TPSA) is 110 Å². The number of benzene rings is 1. The average molecular weight is 535 g/mol. The Morgan fingerprint density at radius 3 is 2.63 bits per heavy atom. The fraction of sp³-hybridized carbons (Fsp3) is 0.429. The molecule has 1 aromatic carbocycles. The number of amides is 2. The van der Waals surface area contributed by atoms with E-state index in [4.69, 9.17) is 6.42 Å². The van der Waals surface area contributed by atoms with Gasteiger partial charge in [0, 0.05) is 44.3 Å². The van der Waals surface area contributed by atoms with Gasteiger partial charge < -0.3 is 15.5 Å². The second-order valence-electron chi connectivity index (χ2n) is 9.63. The summed E-state index contributed by atoms with van der Waals surface area (Å²) in [6.45, 7) is 8.72. The number of carbonyl (C=O) groups excluding carboxylic acids is 2. The number of anilines is 2. The van der Waals surface area contributed by atoms with Crippen LogP contribution in [0.5, 0.6) is 0 Å². The zero-order valence-electron chi connectivity index (χ0n) is 22.3. The van der Waals surface area contributed by atoms with Crippen LogP contribution in [0.4, 0.5) is 11.4 Å². The first-order valence-corrected chi connectivity index (χ1v) is 13.4. The highest BCUT2D eigenvalue weighted by Crippen LogP contribution is 2.22. The smallest absolute Gasteiger partial charge is 0.270 e. The van der Waals surface area contributed by atoms with Gasteiger partial charge in [-0.25, -0.2) is 0 Å². The molecule has 3 rings (SSSR count). The maximum atomic E-state index is 13.0. The number of likely N-dealkylation sites (N-methyl/N-ethyl adjacent to an activating group) is 1. The van der Waals surface area contributed by atoms with Gasteiger partial charge in [-0.3, -0.25) is 23.9 Å². The van der Waals surface area contributed by atoms with Crippen molar-refractivity contribution in [1.29, 1.82) is 5.26 Å². The minimum Gasteiger partial charge on any atom is -0.360 e. The van der Waals surface area contributed by atoms with E-state index in [1.54, 1.807) is 25.1 Å². The third-order valence-electron chi connectivity index (χ3n) is 6.41. The number of hydrogen-bond acceptors (Lipinski definition) is 7. The molecule has 0 radical (unpaired) electrons. The number of nitrogens with one attached hydrogen (secondary N) is 2. The van der Waals surface area contributed by atoms with E-state index in [-0.39, 0.29) is 28.2 Å². The summed E-state index contributed by atoms with van der Waals surface area (Å²) in [6.07, 6.45) is 7.93. The van der Waals surface area contributed by atoms with Crippen molar-refractivity contribution in [2.24, 2.45) is 11.8 Å². The van der Waals surface area contributed by atoms with Crippen molar-refractivity contribution in [3.05, 3.63) is 43.8 Å². The number of nitriles is 1. The maximum Gasteiger partial charge on any atom is 0.270 e. The minimum atomic E-state index is -0.623. The third-order valence-corrected chi connectivity index (χ3v) is 7.54. The first-order valence-electron chi connectivity index (χ1n) is 12.6. The number of aromatic nitrogens is 1. The molecular formula is C28H34N6O3S. The molecule has 2 N–H and O–H groups in total. The average Bonchev–Trinajstić information content (AvgIpc) is 3.20. The van der Waals surface area contributed by atoms with Gasteiger partial charge >= 0.3 is 0 Å². The molecule has 2 amide bonds. The minimum absolute atomic E-state index is 0.0174. The van der Waals surface area contributed by atoms with Crippen molar-refractivity contribution in [1.82, 2.24) is 14.8 Å². The second kappa shape index (κ2) is 13.1. The van der Waals surface area contributed by atoms with E-state index in [9.17, 15) is 19.6 Å². The molecule has 38 heavy (non-hydrogen) atoms. The van der Waals surface area contributed by atoms with Gasteiger partial charge in [-0.2, -0.15) is 5.26 Å². The number of likely N-dealkylation sites (tertiary alicyclic amines) is 1. The highest BCUT2D eigenvalue weighted by Gasteiger charge is 2.24. The summed E-state index contributed by atoms with van der Waals surface area (Å²) in [4.78, 5) is 42.2. The van der Waals surface area contributed by atoms with Crippen molar-refractivity contribution in [2.75, 3.05) is 43.4 Å². The summed E-state index contributed by atoms with van der Waals surface area (Å²) < 4.78 is 1.99. The number of hydrogen-bond donors (Lipinski definition) is 2. The van der Waals surface area contributed by atoms with Gasteiger partial charge in [0.1, 0.15) is 15.3 Å². The van der Waals surface area contributed by atoms with Crippen molar-refractivity contribution in [2.45, 2.75) is 33.7 Å². The monoisotopic (exact) mass is 534 g/mol. The van der Waals surface area contributed by atoms with Crippen LogP contribution in [0, 0.1) is 35.5 Å². The van der Waals surface area contributed by atoms with E-state index >= 15 is 0 Å². The third kappa shape index (κ3) is 6.91. The van der Waals surface area contributed by atoms with Gasteiger partial charge in [0.25, 0.3) is 11.5 Å². The van der Waals surface area contributed by atoms with Crippen LogP contribution in [-0.2, 0) is 16.1 Å². The van der Waals surface area contributed by atoms with E-state index in [0.29, 0.717) is 35.1 Å². The Morgan fingerprint density at radius 2 is 2.00 bits per heavy atom. The Balaban J connectivity index is 1.82. The molecule has 1 aliphatic heterocycles.